The monoisotopic (exact) mass is 237 g/mol. The molecule has 1 unspecified atom stereocenters. The molecule has 0 bridgehead atoms. The van der Waals surface area contributed by atoms with Crippen LogP contribution in [0.25, 0.3) is 0 Å². The maximum Gasteiger partial charge on any atom is 0.181 e. The maximum absolute atomic E-state index is 5.26. The van der Waals surface area contributed by atoms with E-state index in [2.05, 4.69) is 22.1 Å². The first-order valence-corrected chi connectivity index (χ1v) is 6.64. The zero-order chi connectivity index (χ0) is 12.1. The van der Waals surface area contributed by atoms with Crippen molar-refractivity contribution in [2.45, 2.75) is 45.7 Å². The highest BCUT2D eigenvalue weighted by Gasteiger charge is 2.18. The molecule has 1 N–H and O–H groups in total. The molecule has 0 radical (unpaired) electrons. The minimum Gasteiger partial charge on any atom is -0.448 e. The van der Waals surface area contributed by atoms with Crippen molar-refractivity contribution in [1.82, 2.24) is 15.2 Å². The normalized spacial score (nSPS) is 20.3. The van der Waals surface area contributed by atoms with Gasteiger partial charge >= 0.3 is 0 Å². The van der Waals surface area contributed by atoms with E-state index in [0.717, 1.165) is 31.1 Å². The predicted octanol–water partition coefficient (Wildman–Crippen LogP) is 1.95. The van der Waals surface area contributed by atoms with Crippen LogP contribution in [0.2, 0.25) is 0 Å². The van der Waals surface area contributed by atoms with Crippen LogP contribution in [0.5, 0.6) is 0 Å². The van der Waals surface area contributed by atoms with E-state index >= 15 is 0 Å². The fraction of sp³-hybridized carbons (Fsp3) is 0.769. The van der Waals surface area contributed by atoms with Crippen molar-refractivity contribution in [3.05, 3.63) is 17.8 Å². The summed E-state index contributed by atoms with van der Waals surface area (Å²) in [4.78, 5) is 6.76. The van der Waals surface area contributed by atoms with E-state index in [0.29, 0.717) is 6.04 Å². The molecule has 0 spiro atoms. The molecule has 1 fully saturated rings. The largest absolute Gasteiger partial charge is 0.448 e. The Bertz CT molecular complexity index is 331. The molecule has 1 aromatic rings. The van der Waals surface area contributed by atoms with Gasteiger partial charge in [-0.1, -0.05) is 6.92 Å². The van der Waals surface area contributed by atoms with Gasteiger partial charge in [0.25, 0.3) is 0 Å². The molecule has 2 rings (SSSR count). The molecule has 1 aliphatic rings. The molecule has 0 aliphatic carbocycles. The lowest BCUT2D eigenvalue weighted by Gasteiger charge is -2.24. The summed E-state index contributed by atoms with van der Waals surface area (Å²) in [5.41, 5.74) is 1.08. The second kappa shape index (κ2) is 6.17. The molecule has 17 heavy (non-hydrogen) atoms. The summed E-state index contributed by atoms with van der Waals surface area (Å²) in [6, 6.07) is 0.661. The minimum absolute atomic E-state index is 0.661. The lowest BCUT2D eigenvalue weighted by atomic mass is 10.2. The van der Waals surface area contributed by atoms with Crippen molar-refractivity contribution in [3.63, 3.8) is 0 Å². The Morgan fingerprint density at radius 1 is 1.59 bits per heavy atom. The molecule has 0 saturated carbocycles. The average molecular weight is 237 g/mol. The number of nitrogens with one attached hydrogen (secondary N) is 1. The summed E-state index contributed by atoms with van der Waals surface area (Å²) in [6.45, 7) is 8.55. The van der Waals surface area contributed by atoms with Crippen LogP contribution in [0.15, 0.2) is 10.8 Å². The molecule has 1 saturated heterocycles. The number of rotatable bonds is 6. The highest BCUT2D eigenvalue weighted by Crippen LogP contribution is 2.12. The predicted molar refractivity (Wildman–Crippen MR) is 67.8 cm³/mol. The van der Waals surface area contributed by atoms with Gasteiger partial charge in [-0.25, -0.2) is 4.98 Å². The summed E-state index contributed by atoms with van der Waals surface area (Å²) in [5.74, 6) is 0.950. The first kappa shape index (κ1) is 12.6. The Morgan fingerprint density at radius 2 is 2.47 bits per heavy atom. The minimum atomic E-state index is 0.661. The first-order chi connectivity index (χ1) is 8.29. The second-order valence-corrected chi connectivity index (χ2v) is 4.88. The summed E-state index contributed by atoms with van der Waals surface area (Å²) < 4.78 is 5.26. The van der Waals surface area contributed by atoms with Crippen LogP contribution in [0, 0.1) is 6.92 Å². The van der Waals surface area contributed by atoms with Gasteiger partial charge in [-0.3, -0.25) is 4.90 Å². The second-order valence-electron chi connectivity index (χ2n) is 4.88. The standard InChI is InChI=1S/C13H23N3O/c1-3-7-16(8-12-5-4-6-14-12)9-13-11(2)17-10-15-13/h10,12,14H,3-9H2,1-2H3. The van der Waals surface area contributed by atoms with Gasteiger partial charge in [0.05, 0.1) is 5.69 Å². The van der Waals surface area contributed by atoms with Crippen LogP contribution in [-0.2, 0) is 6.54 Å². The van der Waals surface area contributed by atoms with Crippen LogP contribution < -0.4 is 5.32 Å². The number of aromatic nitrogens is 1. The topological polar surface area (TPSA) is 41.3 Å². The third-order valence-corrected chi connectivity index (χ3v) is 3.40. The van der Waals surface area contributed by atoms with E-state index in [1.165, 1.54) is 25.8 Å². The highest BCUT2D eigenvalue weighted by molar-refractivity contribution is 5.04. The van der Waals surface area contributed by atoms with E-state index in [4.69, 9.17) is 4.42 Å². The molecule has 2 heterocycles. The van der Waals surface area contributed by atoms with Crippen molar-refractivity contribution < 1.29 is 4.42 Å². The van der Waals surface area contributed by atoms with Crippen molar-refractivity contribution in [3.8, 4) is 0 Å². The van der Waals surface area contributed by atoms with Crippen LogP contribution in [0.4, 0.5) is 0 Å². The van der Waals surface area contributed by atoms with Crippen molar-refractivity contribution in [2.75, 3.05) is 19.6 Å². The number of nitrogens with zero attached hydrogens (tertiary/aromatic N) is 2. The Kier molecular flexibility index (Phi) is 4.57. The quantitative estimate of drug-likeness (QED) is 0.821. The zero-order valence-electron chi connectivity index (χ0n) is 10.9. The summed E-state index contributed by atoms with van der Waals surface area (Å²) in [6.07, 6.45) is 5.35. The van der Waals surface area contributed by atoms with E-state index < -0.39 is 0 Å². The number of oxazole rings is 1. The third kappa shape index (κ3) is 3.54. The van der Waals surface area contributed by atoms with E-state index in [9.17, 15) is 0 Å². The fourth-order valence-electron chi connectivity index (χ4n) is 2.47. The maximum atomic E-state index is 5.26. The van der Waals surface area contributed by atoms with Gasteiger partial charge in [0, 0.05) is 19.1 Å². The lowest BCUT2D eigenvalue weighted by molar-refractivity contribution is 0.238. The molecular formula is C13H23N3O. The third-order valence-electron chi connectivity index (χ3n) is 3.40. The highest BCUT2D eigenvalue weighted by atomic mass is 16.3. The molecule has 96 valence electrons. The summed E-state index contributed by atoms with van der Waals surface area (Å²) in [5, 5.41) is 3.55. The van der Waals surface area contributed by atoms with Gasteiger partial charge in [-0.05, 0) is 39.3 Å². The van der Waals surface area contributed by atoms with Gasteiger partial charge in [0.2, 0.25) is 0 Å². The fourth-order valence-corrected chi connectivity index (χ4v) is 2.47. The average Bonchev–Trinajstić information content (AvgIpc) is 2.92. The summed E-state index contributed by atoms with van der Waals surface area (Å²) in [7, 11) is 0. The van der Waals surface area contributed by atoms with Crippen molar-refractivity contribution in [1.29, 1.82) is 0 Å². The molecule has 1 atom stereocenters. The molecular weight excluding hydrogens is 214 g/mol. The molecule has 4 heteroatoms. The summed E-state index contributed by atoms with van der Waals surface area (Å²) >= 11 is 0. The molecule has 0 amide bonds. The van der Waals surface area contributed by atoms with Crippen molar-refractivity contribution >= 4 is 0 Å². The van der Waals surface area contributed by atoms with Gasteiger partial charge < -0.3 is 9.73 Å². The van der Waals surface area contributed by atoms with E-state index in [1.807, 2.05) is 6.92 Å². The Labute approximate surface area is 103 Å². The zero-order valence-corrected chi connectivity index (χ0v) is 10.9. The smallest absolute Gasteiger partial charge is 0.181 e. The number of aryl methyl sites for hydroxylation is 1. The van der Waals surface area contributed by atoms with E-state index in [-0.39, 0.29) is 0 Å². The van der Waals surface area contributed by atoms with Gasteiger partial charge in [0.1, 0.15) is 5.76 Å². The van der Waals surface area contributed by atoms with Crippen LogP contribution in [0.1, 0.15) is 37.6 Å². The first-order valence-electron chi connectivity index (χ1n) is 6.64. The Balaban J connectivity index is 1.89. The molecule has 0 aromatic carbocycles. The van der Waals surface area contributed by atoms with Gasteiger partial charge in [0.15, 0.2) is 6.39 Å². The van der Waals surface area contributed by atoms with Crippen LogP contribution in [-0.4, -0.2) is 35.6 Å². The SMILES string of the molecule is CCCN(Cc1ncoc1C)CC1CCCN1. The number of hydrogen-bond acceptors (Lipinski definition) is 4. The Hall–Kier alpha value is -0.870. The Morgan fingerprint density at radius 3 is 3.06 bits per heavy atom. The van der Waals surface area contributed by atoms with Gasteiger partial charge in [-0.2, -0.15) is 0 Å². The molecule has 1 aromatic heterocycles. The van der Waals surface area contributed by atoms with E-state index in [1.54, 1.807) is 6.39 Å². The lowest BCUT2D eigenvalue weighted by Crippen LogP contribution is -2.37. The number of hydrogen-bond donors (Lipinski definition) is 1. The van der Waals surface area contributed by atoms with Gasteiger partial charge in [-0.15, -0.1) is 0 Å². The molecule has 4 nitrogen and oxygen atoms in total. The van der Waals surface area contributed by atoms with Crippen LogP contribution >= 0.6 is 0 Å². The van der Waals surface area contributed by atoms with Crippen molar-refractivity contribution in [2.24, 2.45) is 0 Å². The van der Waals surface area contributed by atoms with Crippen LogP contribution in [0.3, 0.4) is 0 Å². The molecule has 1 aliphatic heterocycles.